The summed E-state index contributed by atoms with van der Waals surface area (Å²) in [5.41, 5.74) is 4.89. The summed E-state index contributed by atoms with van der Waals surface area (Å²) in [6.45, 7) is 0.294. The van der Waals surface area contributed by atoms with Crippen LogP contribution in [0.5, 0.6) is 0 Å². The lowest BCUT2D eigenvalue weighted by molar-refractivity contribution is 0.0510. The highest BCUT2D eigenvalue weighted by Gasteiger charge is 2.42. The molecule has 1 aliphatic rings. The van der Waals surface area contributed by atoms with E-state index in [0.29, 0.717) is 28.3 Å². The van der Waals surface area contributed by atoms with E-state index in [9.17, 15) is 5.11 Å². The Morgan fingerprint density at radius 1 is 1.41 bits per heavy atom. The van der Waals surface area contributed by atoms with E-state index in [1.165, 1.54) is 11.8 Å². The first-order valence-corrected chi connectivity index (χ1v) is 7.29. The van der Waals surface area contributed by atoms with Gasteiger partial charge in [-0.15, -0.1) is 11.8 Å². The van der Waals surface area contributed by atoms with Crippen molar-refractivity contribution in [3.8, 4) is 0 Å². The zero-order valence-corrected chi connectivity index (χ0v) is 11.7. The van der Waals surface area contributed by atoms with Crippen molar-refractivity contribution in [1.29, 1.82) is 0 Å². The van der Waals surface area contributed by atoms with Gasteiger partial charge in [-0.05, 0) is 37.0 Å². The highest BCUT2D eigenvalue weighted by Crippen LogP contribution is 2.42. The fraction of sp³-hybridized carbons (Fsp3) is 0.500. The van der Waals surface area contributed by atoms with Crippen molar-refractivity contribution in [3.05, 3.63) is 28.2 Å². The average molecular weight is 292 g/mol. The summed E-state index contributed by atoms with van der Waals surface area (Å²) in [7, 11) is 0. The number of rotatable bonds is 5. The SMILES string of the molecule is NCC(O)(CSc1cc(Cl)ccc1Cl)C1CC1. The first-order valence-electron chi connectivity index (χ1n) is 5.55. The van der Waals surface area contributed by atoms with Gasteiger partial charge in [-0.25, -0.2) is 0 Å². The first-order chi connectivity index (χ1) is 8.05. The summed E-state index contributed by atoms with van der Waals surface area (Å²) in [6.07, 6.45) is 2.13. The molecule has 1 unspecified atom stereocenters. The van der Waals surface area contributed by atoms with Crippen LogP contribution >= 0.6 is 35.0 Å². The summed E-state index contributed by atoms with van der Waals surface area (Å²) in [4.78, 5) is 0.895. The summed E-state index contributed by atoms with van der Waals surface area (Å²) in [6, 6.07) is 5.34. The molecule has 5 heteroatoms. The first kappa shape index (κ1) is 13.5. The molecular weight excluding hydrogens is 277 g/mol. The second-order valence-corrected chi connectivity index (χ2v) is 6.31. The molecule has 17 heavy (non-hydrogen) atoms. The van der Waals surface area contributed by atoms with Gasteiger partial charge in [0.05, 0.1) is 10.6 Å². The molecule has 1 aromatic rings. The van der Waals surface area contributed by atoms with E-state index in [-0.39, 0.29) is 0 Å². The van der Waals surface area contributed by atoms with Crippen molar-refractivity contribution in [2.45, 2.75) is 23.3 Å². The Balaban J connectivity index is 2.03. The maximum absolute atomic E-state index is 10.4. The molecule has 0 heterocycles. The van der Waals surface area contributed by atoms with E-state index < -0.39 is 5.60 Å². The van der Waals surface area contributed by atoms with Crippen molar-refractivity contribution in [2.75, 3.05) is 12.3 Å². The smallest absolute Gasteiger partial charge is 0.0890 e. The highest BCUT2D eigenvalue weighted by molar-refractivity contribution is 7.99. The summed E-state index contributed by atoms with van der Waals surface area (Å²) in [5, 5.41) is 11.7. The topological polar surface area (TPSA) is 46.2 Å². The van der Waals surface area contributed by atoms with Crippen LogP contribution in [0.1, 0.15) is 12.8 Å². The monoisotopic (exact) mass is 291 g/mol. The van der Waals surface area contributed by atoms with Crippen LogP contribution < -0.4 is 5.73 Å². The molecule has 1 aromatic carbocycles. The molecule has 2 rings (SSSR count). The minimum atomic E-state index is -0.768. The minimum Gasteiger partial charge on any atom is -0.387 e. The number of halogens is 2. The molecule has 0 amide bonds. The molecule has 94 valence electrons. The van der Waals surface area contributed by atoms with E-state index in [1.807, 2.05) is 6.07 Å². The number of aliphatic hydroxyl groups is 1. The highest BCUT2D eigenvalue weighted by atomic mass is 35.5. The van der Waals surface area contributed by atoms with Crippen LogP contribution in [0.2, 0.25) is 10.0 Å². The van der Waals surface area contributed by atoms with Gasteiger partial charge < -0.3 is 10.8 Å². The number of hydrogen-bond acceptors (Lipinski definition) is 3. The van der Waals surface area contributed by atoms with Crippen molar-refractivity contribution >= 4 is 35.0 Å². The van der Waals surface area contributed by atoms with Crippen molar-refractivity contribution in [3.63, 3.8) is 0 Å². The van der Waals surface area contributed by atoms with Gasteiger partial charge in [-0.1, -0.05) is 23.2 Å². The van der Waals surface area contributed by atoms with Crippen molar-refractivity contribution in [1.82, 2.24) is 0 Å². The van der Waals surface area contributed by atoms with E-state index in [1.54, 1.807) is 12.1 Å². The van der Waals surface area contributed by atoms with Gasteiger partial charge in [0.15, 0.2) is 0 Å². The maximum Gasteiger partial charge on any atom is 0.0890 e. The van der Waals surface area contributed by atoms with Gasteiger partial charge in [0.2, 0.25) is 0 Å². The lowest BCUT2D eigenvalue weighted by Gasteiger charge is -2.26. The van der Waals surface area contributed by atoms with Crippen LogP contribution in [0.3, 0.4) is 0 Å². The fourth-order valence-corrected chi connectivity index (χ4v) is 3.45. The Hall–Kier alpha value is 0.0700. The summed E-state index contributed by atoms with van der Waals surface area (Å²) < 4.78 is 0. The van der Waals surface area contributed by atoms with Gasteiger partial charge >= 0.3 is 0 Å². The summed E-state index contributed by atoms with van der Waals surface area (Å²) >= 11 is 13.5. The fourth-order valence-electron chi connectivity index (χ4n) is 1.75. The van der Waals surface area contributed by atoms with E-state index in [2.05, 4.69) is 0 Å². The molecule has 1 saturated carbocycles. The standard InChI is InChI=1S/C12H15Cl2NOS/c13-9-3-4-10(14)11(5-9)17-7-12(16,6-15)8-1-2-8/h3-5,8,16H,1-2,6-7,15H2. The number of nitrogens with two attached hydrogens (primary N) is 1. The average Bonchev–Trinajstić information content (AvgIpc) is 3.14. The molecule has 0 spiro atoms. The van der Waals surface area contributed by atoms with Crippen LogP contribution in [0.15, 0.2) is 23.1 Å². The van der Waals surface area contributed by atoms with E-state index >= 15 is 0 Å². The Morgan fingerprint density at radius 3 is 2.71 bits per heavy atom. The van der Waals surface area contributed by atoms with E-state index in [0.717, 1.165) is 17.7 Å². The largest absolute Gasteiger partial charge is 0.387 e. The Kier molecular flexibility index (Phi) is 4.26. The van der Waals surface area contributed by atoms with Crippen molar-refractivity contribution < 1.29 is 5.11 Å². The number of thioether (sulfide) groups is 1. The molecule has 3 N–H and O–H groups in total. The predicted molar refractivity (Wildman–Crippen MR) is 73.9 cm³/mol. The second kappa shape index (κ2) is 5.37. The molecule has 0 aromatic heterocycles. The van der Waals surface area contributed by atoms with Crippen molar-refractivity contribution in [2.24, 2.45) is 11.7 Å². The van der Waals surface area contributed by atoms with Crippen LogP contribution in [-0.2, 0) is 0 Å². The van der Waals surface area contributed by atoms with Gasteiger partial charge in [-0.3, -0.25) is 0 Å². The molecule has 0 aliphatic heterocycles. The van der Waals surface area contributed by atoms with Crippen LogP contribution in [0, 0.1) is 5.92 Å². The molecule has 2 nitrogen and oxygen atoms in total. The molecule has 1 atom stereocenters. The molecular formula is C12H15Cl2NOS. The van der Waals surface area contributed by atoms with Gasteiger partial charge in [0.1, 0.15) is 0 Å². The molecule has 1 aliphatic carbocycles. The third-order valence-corrected chi connectivity index (χ3v) is 5.03. The third kappa shape index (κ3) is 3.30. The molecule has 0 saturated heterocycles. The van der Waals surface area contributed by atoms with Gasteiger partial charge in [0, 0.05) is 22.2 Å². The van der Waals surface area contributed by atoms with Crippen LogP contribution in [-0.4, -0.2) is 23.0 Å². The summed E-state index contributed by atoms with van der Waals surface area (Å²) in [5.74, 6) is 0.909. The van der Waals surface area contributed by atoms with Gasteiger partial charge in [0.25, 0.3) is 0 Å². The number of benzene rings is 1. The predicted octanol–water partition coefficient (Wildman–Crippen LogP) is 3.19. The lowest BCUT2D eigenvalue weighted by atomic mass is 10.0. The maximum atomic E-state index is 10.4. The van der Waals surface area contributed by atoms with Crippen LogP contribution in [0.4, 0.5) is 0 Å². The Labute approximate surface area is 115 Å². The zero-order chi connectivity index (χ0) is 12.5. The van der Waals surface area contributed by atoms with Gasteiger partial charge in [-0.2, -0.15) is 0 Å². The molecule has 0 bridgehead atoms. The lowest BCUT2D eigenvalue weighted by Crippen LogP contribution is -2.42. The molecule has 0 radical (unpaired) electrons. The third-order valence-electron chi connectivity index (χ3n) is 3.06. The Morgan fingerprint density at radius 2 is 2.12 bits per heavy atom. The quantitative estimate of drug-likeness (QED) is 0.819. The zero-order valence-electron chi connectivity index (χ0n) is 9.33. The minimum absolute atomic E-state index is 0.294. The number of hydrogen-bond donors (Lipinski definition) is 2. The van der Waals surface area contributed by atoms with Crippen LogP contribution in [0.25, 0.3) is 0 Å². The Bertz CT molecular complexity index is 411. The molecule has 1 fully saturated rings. The normalized spacial score (nSPS) is 19.1. The van der Waals surface area contributed by atoms with E-state index in [4.69, 9.17) is 28.9 Å². The second-order valence-electron chi connectivity index (χ2n) is 4.45.